The van der Waals surface area contributed by atoms with Gasteiger partial charge in [-0.2, -0.15) is 0 Å². The number of carbonyl (C=O) groups excluding carboxylic acids is 1. The van der Waals surface area contributed by atoms with Crippen molar-refractivity contribution in [1.29, 1.82) is 0 Å². The zero-order chi connectivity index (χ0) is 17.3. The van der Waals surface area contributed by atoms with Gasteiger partial charge in [-0.05, 0) is 42.8 Å². The highest BCUT2D eigenvalue weighted by atomic mass is 16.3. The summed E-state index contributed by atoms with van der Waals surface area (Å²) >= 11 is 0. The molecule has 6 heteroatoms. The molecule has 0 bridgehead atoms. The number of benzene rings is 2. The largest absolute Gasteiger partial charge is 0.506 e. The molecule has 0 amide bonds. The highest BCUT2D eigenvalue weighted by Crippen LogP contribution is 2.25. The Hall–Kier alpha value is -2.99. The predicted molar refractivity (Wildman–Crippen MR) is 90.1 cm³/mol. The summed E-state index contributed by atoms with van der Waals surface area (Å²) in [5.74, 6) is -0.450. The lowest BCUT2D eigenvalue weighted by Gasteiger charge is -2.20. The number of phenolic OH excluding ortho intramolecular Hbond substituents is 1. The van der Waals surface area contributed by atoms with Gasteiger partial charge in [0, 0.05) is 6.42 Å². The molecule has 0 aliphatic rings. The number of fused-ring (bicyclic) bond motifs is 1. The van der Waals surface area contributed by atoms with Gasteiger partial charge in [0.2, 0.25) is 0 Å². The minimum absolute atomic E-state index is 0.00810. The number of rotatable bonds is 5. The van der Waals surface area contributed by atoms with E-state index in [1.165, 1.54) is 17.8 Å². The predicted octanol–water partition coefficient (Wildman–Crippen LogP) is 2.17. The zero-order valence-corrected chi connectivity index (χ0v) is 13.2. The first kappa shape index (κ1) is 15.9. The number of hydrogen-bond donors (Lipinski definition) is 2. The van der Waals surface area contributed by atoms with Crippen LogP contribution in [0.1, 0.15) is 12.5 Å². The van der Waals surface area contributed by atoms with Crippen LogP contribution in [0.2, 0.25) is 0 Å². The van der Waals surface area contributed by atoms with Gasteiger partial charge in [-0.15, -0.1) is 15.0 Å². The normalized spacial score (nSPS) is 13.6. The van der Waals surface area contributed by atoms with E-state index in [2.05, 4.69) is 16.8 Å². The number of ketones is 1. The van der Waals surface area contributed by atoms with Crippen LogP contribution in [0, 0.1) is 0 Å². The molecule has 2 N–H and O–H groups in total. The highest BCUT2D eigenvalue weighted by molar-refractivity contribution is 5.96. The van der Waals surface area contributed by atoms with Crippen LogP contribution >= 0.6 is 0 Å². The van der Waals surface area contributed by atoms with Gasteiger partial charge in [0.1, 0.15) is 28.1 Å². The lowest BCUT2D eigenvalue weighted by atomic mass is 9.92. The summed E-state index contributed by atoms with van der Waals surface area (Å²) in [6, 6.07) is 12.2. The third kappa shape index (κ3) is 2.91. The molecule has 122 valence electrons. The molecule has 24 heavy (non-hydrogen) atoms. The molecule has 3 aromatic rings. The minimum Gasteiger partial charge on any atom is -0.506 e. The Labute approximate surface area is 138 Å². The summed E-state index contributed by atoms with van der Waals surface area (Å²) in [6.45, 7) is 4.83. The van der Waals surface area contributed by atoms with Crippen molar-refractivity contribution in [1.82, 2.24) is 15.0 Å². The van der Waals surface area contributed by atoms with Gasteiger partial charge in [-0.1, -0.05) is 24.8 Å². The molecule has 0 saturated carbocycles. The van der Waals surface area contributed by atoms with Crippen molar-refractivity contribution in [3.05, 3.63) is 60.7 Å². The maximum absolute atomic E-state index is 11.7. The van der Waals surface area contributed by atoms with E-state index in [1.807, 2.05) is 24.3 Å². The first-order valence-corrected chi connectivity index (χ1v) is 7.44. The van der Waals surface area contributed by atoms with Gasteiger partial charge in [0.25, 0.3) is 0 Å². The van der Waals surface area contributed by atoms with Crippen molar-refractivity contribution in [2.24, 2.45) is 0 Å². The molecule has 0 spiro atoms. The van der Waals surface area contributed by atoms with Crippen molar-refractivity contribution in [3.63, 3.8) is 0 Å². The standard InChI is InChI=1S/C18H17N3O3/c1-3-17(23)18(2,24)11-12-8-9-16(22)15(10-12)21-19-13-6-4-5-7-14(13)20-21/h3-10,22,24H,1,11H2,2H3. The number of carbonyl (C=O) groups is 1. The van der Waals surface area contributed by atoms with E-state index >= 15 is 0 Å². The number of aromatic nitrogens is 3. The van der Waals surface area contributed by atoms with Gasteiger partial charge in [0.05, 0.1) is 0 Å². The first-order valence-electron chi connectivity index (χ1n) is 7.44. The number of hydrogen-bond acceptors (Lipinski definition) is 5. The second kappa shape index (κ2) is 5.90. The van der Waals surface area contributed by atoms with Gasteiger partial charge < -0.3 is 10.2 Å². The molecule has 1 atom stereocenters. The molecular formula is C18H17N3O3. The van der Waals surface area contributed by atoms with Crippen LogP contribution in [0.25, 0.3) is 16.7 Å². The Kier molecular flexibility index (Phi) is 3.91. The van der Waals surface area contributed by atoms with Gasteiger partial charge in [-0.3, -0.25) is 4.79 Å². The molecule has 6 nitrogen and oxygen atoms in total. The van der Waals surface area contributed by atoms with Crippen LogP contribution in [0.15, 0.2) is 55.1 Å². The lowest BCUT2D eigenvalue weighted by Crippen LogP contribution is -2.36. The topological polar surface area (TPSA) is 88.2 Å². The molecule has 0 aliphatic heterocycles. The van der Waals surface area contributed by atoms with E-state index in [-0.39, 0.29) is 12.2 Å². The van der Waals surface area contributed by atoms with Crippen LogP contribution < -0.4 is 0 Å². The van der Waals surface area contributed by atoms with Crippen molar-refractivity contribution < 1.29 is 15.0 Å². The quantitative estimate of drug-likeness (QED) is 0.703. The average Bonchev–Trinajstić information content (AvgIpc) is 2.99. The second-order valence-corrected chi connectivity index (χ2v) is 5.82. The summed E-state index contributed by atoms with van der Waals surface area (Å²) in [6.07, 6.45) is 1.19. The molecule has 2 aromatic carbocycles. The van der Waals surface area contributed by atoms with Crippen molar-refractivity contribution in [3.8, 4) is 11.4 Å². The van der Waals surface area contributed by atoms with E-state index in [0.29, 0.717) is 22.3 Å². The summed E-state index contributed by atoms with van der Waals surface area (Å²) in [5.41, 5.74) is 0.903. The molecule has 3 rings (SSSR count). The summed E-state index contributed by atoms with van der Waals surface area (Å²) in [5, 5.41) is 29.0. The number of aromatic hydroxyl groups is 1. The van der Waals surface area contributed by atoms with Crippen molar-refractivity contribution in [2.45, 2.75) is 18.9 Å². The third-order valence-corrected chi connectivity index (χ3v) is 3.81. The monoisotopic (exact) mass is 323 g/mol. The van der Waals surface area contributed by atoms with Crippen LogP contribution in [-0.4, -0.2) is 36.6 Å². The Bertz CT molecular complexity index is 895. The third-order valence-electron chi connectivity index (χ3n) is 3.81. The lowest BCUT2D eigenvalue weighted by molar-refractivity contribution is -0.130. The van der Waals surface area contributed by atoms with Crippen LogP contribution in [-0.2, 0) is 11.2 Å². The molecule has 1 aromatic heterocycles. The van der Waals surface area contributed by atoms with E-state index in [0.717, 1.165) is 6.08 Å². The van der Waals surface area contributed by atoms with E-state index in [4.69, 9.17) is 0 Å². The SMILES string of the molecule is C=CC(=O)C(C)(O)Cc1ccc(O)c(-n2nc3ccccc3n2)c1. The summed E-state index contributed by atoms with van der Waals surface area (Å²) in [4.78, 5) is 13.1. The van der Waals surface area contributed by atoms with Crippen molar-refractivity contribution in [2.75, 3.05) is 0 Å². The smallest absolute Gasteiger partial charge is 0.186 e. The summed E-state index contributed by atoms with van der Waals surface area (Å²) < 4.78 is 0. The number of nitrogens with zero attached hydrogens (tertiary/aromatic N) is 3. The zero-order valence-electron chi connectivity index (χ0n) is 13.2. The Morgan fingerprint density at radius 2 is 1.88 bits per heavy atom. The van der Waals surface area contributed by atoms with E-state index in [1.54, 1.807) is 12.1 Å². The Morgan fingerprint density at radius 3 is 2.46 bits per heavy atom. The molecular weight excluding hydrogens is 306 g/mol. The second-order valence-electron chi connectivity index (χ2n) is 5.82. The average molecular weight is 323 g/mol. The van der Waals surface area contributed by atoms with E-state index in [9.17, 15) is 15.0 Å². The van der Waals surface area contributed by atoms with Crippen LogP contribution in [0.4, 0.5) is 0 Å². The number of aliphatic hydroxyl groups is 1. The number of phenols is 1. The molecule has 1 unspecified atom stereocenters. The minimum atomic E-state index is -1.56. The van der Waals surface area contributed by atoms with Crippen molar-refractivity contribution >= 4 is 16.8 Å². The fraction of sp³-hybridized carbons (Fsp3) is 0.167. The Morgan fingerprint density at radius 1 is 1.25 bits per heavy atom. The molecule has 0 fully saturated rings. The van der Waals surface area contributed by atoms with Gasteiger partial charge >= 0.3 is 0 Å². The Balaban J connectivity index is 2.00. The fourth-order valence-corrected chi connectivity index (χ4v) is 2.51. The maximum atomic E-state index is 11.7. The van der Waals surface area contributed by atoms with Crippen LogP contribution in [0.3, 0.4) is 0 Å². The molecule has 0 radical (unpaired) electrons. The first-order chi connectivity index (χ1) is 11.4. The summed E-state index contributed by atoms with van der Waals surface area (Å²) in [7, 11) is 0. The highest BCUT2D eigenvalue weighted by Gasteiger charge is 2.28. The molecule has 0 aliphatic carbocycles. The van der Waals surface area contributed by atoms with Gasteiger partial charge in [-0.25, -0.2) is 0 Å². The maximum Gasteiger partial charge on any atom is 0.186 e. The van der Waals surface area contributed by atoms with E-state index < -0.39 is 11.4 Å². The molecule has 1 heterocycles. The molecule has 0 saturated heterocycles. The van der Waals surface area contributed by atoms with Gasteiger partial charge in [0.15, 0.2) is 5.78 Å². The fourth-order valence-electron chi connectivity index (χ4n) is 2.51. The van der Waals surface area contributed by atoms with Crippen LogP contribution in [0.5, 0.6) is 5.75 Å².